The van der Waals surface area contributed by atoms with E-state index in [4.69, 9.17) is 29.4 Å². The normalized spacial score (nSPS) is 17.4. The van der Waals surface area contributed by atoms with E-state index in [0.717, 1.165) is 123 Å². The monoisotopic (exact) mass is 768 g/mol. The lowest BCUT2D eigenvalue weighted by Crippen LogP contribution is -2.05. The van der Waals surface area contributed by atoms with Crippen molar-refractivity contribution in [3.05, 3.63) is 141 Å². The van der Waals surface area contributed by atoms with Crippen molar-refractivity contribution in [3.8, 4) is 0 Å². The van der Waals surface area contributed by atoms with Crippen molar-refractivity contribution in [1.29, 1.82) is 0 Å². The van der Waals surface area contributed by atoms with Crippen molar-refractivity contribution in [2.75, 3.05) is 23.7 Å². The van der Waals surface area contributed by atoms with Crippen molar-refractivity contribution in [1.82, 2.24) is 0 Å². The molecular weight excluding hydrogens is 733 g/mol. The summed E-state index contributed by atoms with van der Waals surface area (Å²) in [5.41, 5.74) is 15.8. The van der Waals surface area contributed by atoms with Crippen LogP contribution in [0.5, 0.6) is 0 Å². The summed E-state index contributed by atoms with van der Waals surface area (Å²) in [5, 5.41) is 4.47. The molecule has 0 spiro atoms. The van der Waals surface area contributed by atoms with E-state index in [1.54, 1.807) is 0 Å². The highest BCUT2D eigenvalue weighted by molar-refractivity contribution is 8.02. The Bertz CT molecular complexity index is 2900. The van der Waals surface area contributed by atoms with Gasteiger partial charge in [-0.25, -0.2) is 20.0 Å². The number of hydrogen-bond acceptors (Lipinski definition) is 11. The van der Waals surface area contributed by atoms with Crippen molar-refractivity contribution in [3.63, 3.8) is 0 Å². The molecule has 2 N–H and O–H groups in total. The maximum Gasteiger partial charge on any atom is 0.305 e. The van der Waals surface area contributed by atoms with Gasteiger partial charge in [0.2, 0.25) is 0 Å². The van der Waals surface area contributed by atoms with E-state index in [1.807, 2.05) is 18.2 Å². The Labute approximate surface area is 333 Å². The molecule has 4 aromatic rings. The van der Waals surface area contributed by atoms with Crippen LogP contribution in [0.1, 0.15) is 61.8 Å². The van der Waals surface area contributed by atoms with Crippen LogP contribution in [-0.4, -0.2) is 49.0 Å². The lowest BCUT2D eigenvalue weighted by molar-refractivity contribution is -0.141. The van der Waals surface area contributed by atoms with Crippen LogP contribution in [0.2, 0.25) is 0 Å². The van der Waals surface area contributed by atoms with Gasteiger partial charge in [-0.1, -0.05) is 48.5 Å². The van der Waals surface area contributed by atoms with Crippen LogP contribution in [0.3, 0.4) is 0 Å². The average molecular weight is 769 g/mol. The van der Waals surface area contributed by atoms with Gasteiger partial charge in [0.1, 0.15) is 0 Å². The van der Waals surface area contributed by atoms with E-state index in [2.05, 4.69) is 90.0 Å². The first-order valence-corrected chi connectivity index (χ1v) is 19.7. The van der Waals surface area contributed by atoms with E-state index in [1.165, 1.54) is 26.4 Å². The van der Waals surface area contributed by atoms with Gasteiger partial charge >= 0.3 is 11.9 Å². The molecule has 0 radical (unpaired) electrons. The van der Waals surface area contributed by atoms with E-state index in [-0.39, 0.29) is 24.8 Å². The minimum absolute atomic E-state index is 0.209. The van der Waals surface area contributed by atoms with Crippen molar-refractivity contribution >= 4 is 91.2 Å². The molecule has 57 heavy (non-hydrogen) atoms. The Balaban J connectivity index is 1.27. The number of benzene rings is 4. The number of ether oxygens (including phenoxy) is 2. The number of nitrogens with one attached hydrogen (secondary N) is 2. The fourth-order valence-corrected chi connectivity index (χ4v) is 9.22. The molecule has 0 amide bonds. The Kier molecular flexibility index (Phi) is 8.29. The Hall–Kier alpha value is -6.59. The summed E-state index contributed by atoms with van der Waals surface area (Å²) in [6.45, 7) is 4.12. The van der Waals surface area contributed by atoms with E-state index in [0.29, 0.717) is 12.8 Å². The summed E-state index contributed by atoms with van der Waals surface area (Å²) in [5.74, 6) is -0.570. The van der Waals surface area contributed by atoms with Crippen LogP contribution < -0.4 is 9.44 Å². The topological polar surface area (TPSA) is 126 Å². The number of hydrogen-bond donors (Lipinski definition) is 2. The van der Waals surface area contributed by atoms with Gasteiger partial charge in [-0.05, 0) is 107 Å². The number of nitrogens with zero attached hydrogens (tertiary/aromatic N) is 4. The smallest absolute Gasteiger partial charge is 0.305 e. The number of fused-ring (bicyclic) bond motifs is 17. The fourth-order valence-electron chi connectivity index (χ4n) is 8.57. The largest absolute Gasteiger partial charge is 0.469 e. The van der Waals surface area contributed by atoms with Crippen LogP contribution >= 0.6 is 12.1 Å². The van der Waals surface area contributed by atoms with E-state index in [9.17, 15) is 9.59 Å². The highest BCUT2D eigenvalue weighted by Gasteiger charge is 2.33. The number of anilines is 2. The summed E-state index contributed by atoms with van der Waals surface area (Å²) in [7, 11) is 2.83. The minimum Gasteiger partial charge on any atom is -0.469 e. The number of methoxy groups -OCH3 is 2. The lowest BCUT2D eigenvalue weighted by atomic mass is 9.89. The number of esters is 2. The molecule has 4 aromatic carbocycles. The second-order valence-corrected chi connectivity index (χ2v) is 15.1. The number of carbonyl (C=O) groups is 2. The first-order chi connectivity index (χ1) is 27.8. The molecule has 6 heterocycles. The summed E-state index contributed by atoms with van der Waals surface area (Å²) in [6.07, 6.45) is 9.52. The molecule has 10 rings (SSSR count). The third kappa shape index (κ3) is 5.63. The quantitative estimate of drug-likeness (QED) is 0.114. The maximum absolute atomic E-state index is 12.5. The van der Waals surface area contributed by atoms with Crippen LogP contribution in [0, 0.1) is 0 Å². The number of carbonyl (C=O) groups excluding carboxylic acids is 2. The van der Waals surface area contributed by atoms with Crippen LogP contribution in [-0.2, 0) is 19.1 Å². The third-order valence-electron chi connectivity index (χ3n) is 11.5. The molecule has 0 saturated carbocycles. The van der Waals surface area contributed by atoms with Gasteiger partial charge < -0.3 is 18.9 Å². The molecule has 11 heteroatoms. The summed E-state index contributed by atoms with van der Waals surface area (Å²) in [4.78, 5) is 46.3. The predicted molar refractivity (Wildman–Crippen MR) is 231 cm³/mol. The molecule has 6 aliphatic heterocycles. The zero-order valence-electron chi connectivity index (χ0n) is 31.7. The molecular formula is C46H36N6O4S. The third-order valence-corrected chi connectivity index (χ3v) is 12.1. The molecule has 0 aliphatic carbocycles. The molecule has 6 aliphatic rings. The molecule has 0 unspecified atom stereocenters. The molecule has 0 aromatic heterocycles. The molecule has 0 saturated heterocycles. The summed E-state index contributed by atoms with van der Waals surface area (Å²) >= 11 is 1.41. The Morgan fingerprint density at radius 3 is 1.84 bits per heavy atom. The van der Waals surface area contributed by atoms with Crippen molar-refractivity contribution < 1.29 is 19.1 Å². The van der Waals surface area contributed by atoms with Gasteiger partial charge in [0, 0.05) is 35.1 Å². The van der Waals surface area contributed by atoms with Gasteiger partial charge in [-0.3, -0.25) is 9.59 Å². The van der Waals surface area contributed by atoms with Gasteiger partial charge in [-0.2, -0.15) is 0 Å². The van der Waals surface area contributed by atoms with Crippen LogP contribution in [0.25, 0.3) is 32.9 Å². The Morgan fingerprint density at radius 1 is 0.561 bits per heavy atom. The zero-order chi connectivity index (χ0) is 38.9. The molecule has 0 atom stereocenters. The van der Waals surface area contributed by atoms with Crippen molar-refractivity contribution in [2.24, 2.45) is 20.0 Å². The molecule has 280 valence electrons. The fraction of sp³-hybridized carbons (Fsp3) is 0.174. The second kappa shape index (κ2) is 13.6. The van der Waals surface area contributed by atoms with Gasteiger partial charge in [-0.15, -0.1) is 0 Å². The summed E-state index contributed by atoms with van der Waals surface area (Å²) in [6, 6.07) is 21.1. The molecule has 8 bridgehead atoms. The SMILES string of the molecule is COC(=O)CCC1=C(C)C2=NC1=CC1=NC(=CC3=NC(=CC4=NC(=C2)c2c4c4ccccc4c4ccccc24)C(C)=C3CCC(=O)OC)c2ccc3c(c21)NSN3. The zero-order valence-corrected chi connectivity index (χ0v) is 32.6. The van der Waals surface area contributed by atoms with Crippen molar-refractivity contribution in [2.45, 2.75) is 39.5 Å². The molecule has 0 fully saturated rings. The number of aliphatic imine (C=N–C) groups is 4. The maximum atomic E-state index is 12.5. The van der Waals surface area contributed by atoms with Crippen LogP contribution in [0.15, 0.2) is 139 Å². The average Bonchev–Trinajstić information content (AvgIpc) is 4.04. The highest BCUT2D eigenvalue weighted by atomic mass is 32.2. The van der Waals surface area contributed by atoms with Crippen LogP contribution in [0.4, 0.5) is 11.4 Å². The van der Waals surface area contributed by atoms with Gasteiger partial charge in [0.25, 0.3) is 0 Å². The lowest BCUT2D eigenvalue weighted by Gasteiger charge is -2.13. The number of allylic oxidation sites excluding steroid dienone is 8. The predicted octanol–water partition coefficient (Wildman–Crippen LogP) is 9.61. The van der Waals surface area contributed by atoms with E-state index >= 15 is 0 Å². The second-order valence-electron chi connectivity index (χ2n) is 14.5. The Morgan fingerprint density at radius 2 is 1.12 bits per heavy atom. The minimum atomic E-state index is -0.286. The highest BCUT2D eigenvalue weighted by Crippen LogP contribution is 2.46. The summed E-state index contributed by atoms with van der Waals surface area (Å²) < 4.78 is 16.9. The van der Waals surface area contributed by atoms with Gasteiger partial charge in [0.05, 0.1) is 83.4 Å². The first-order valence-electron chi connectivity index (χ1n) is 18.9. The molecule has 10 nitrogen and oxygen atoms in total. The standard InChI is InChI=1S/C46H36N6O4S/c1-23-25(14-17-41(53)55-3)35-21-37-31-13-16-32-46(52-57-51-32)45(31)40(49-37)22-36-26(15-18-42(54)56-4)24(2)34(48-36)20-39-44-30-12-8-6-10-28(30)27-9-5-7-11-29(27)43(44)38(50-39)19-33(23)47-35/h5-13,16,19-22,51-52H,14-15,17-18H2,1-4H3. The number of rotatable bonds is 6. The van der Waals surface area contributed by atoms with E-state index < -0.39 is 0 Å². The van der Waals surface area contributed by atoms with Gasteiger partial charge in [0.15, 0.2) is 0 Å². The first kappa shape index (κ1) is 34.9.